The zero-order chi connectivity index (χ0) is 19.3. The first-order valence-corrected chi connectivity index (χ1v) is 7.92. The van der Waals surface area contributed by atoms with Crippen LogP contribution in [0.25, 0.3) is 0 Å². The van der Waals surface area contributed by atoms with Gasteiger partial charge in [0.2, 0.25) is 5.91 Å². The minimum atomic E-state index is -4.43. The summed E-state index contributed by atoms with van der Waals surface area (Å²) in [5.74, 6) is -2.49. The lowest BCUT2D eigenvalue weighted by Gasteiger charge is -2.20. The van der Waals surface area contributed by atoms with Crippen molar-refractivity contribution in [1.29, 1.82) is 0 Å². The number of aliphatic carboxylic acids is 1. The number of hydrogen-bond donors (Lipinski definition) is 2. The zero-order valence-electron chi connectivity index (χ0n) is 14.0. The van der Waals surface area contributed by atoms with Crippen LogP contribution in [0.3, 0.4) is 0 Å². The number of carbonyl (C=O) groups excluding carboxylic acids is 1. The van der Waals surface area contributed by atoms with Crippen LogP contribution in [0.15, 0.2) is 54.6 Å². The van der Waals surface area contributed by atoms with Gasteiger partial charge in [0.1, 0.15) is 0 Å². The Morgan fingerprint density at radius 1 is 1.00 bits per heavy atom. The molecular weight excluding hydrogens is 347 g/mol. The summed E-state index contributed by atoms with van der Waals surface area (Å²) >= 11 is 0. The largest absolute Gasteiger partial charge is 0.481 e. The number of halogens is 3. The van der Waals surface area contributed by atoms with Gasteiger partial charge in [-0.05, 0) is 30.2 Å². The number of amides is 1. The topological polar surface area (TPSA) is 66.4 Å². The quantitative estimate of drug-likeness (QED) is 0.809. The smallest absolute Gasteiger partial charge is 0.416 e. The normalized spacial score (nSPS) is 13.7. The fraction of sp³-hybridized carbons (Fsp3) is 0.263. The van der Waals surface area contributed by atoms with Crippen molar-refractivity contribution in [2.45, 2.75) is 31.5 Å². The lowest BCUT2D eigenvalue weighted by molar-refractivity contribution is -0.139. The number of benzene rings is 2. The average Bonchev–Trinajstić information content (AvgIpc) is 2.59. The Labute approximate surface area is 148 Å². The van der Waals surface area contributed by atoms with Crippen LogP contribution in [-0.2, 0) is 15.8 Å². The van der Waals surface area contributed by atoms with Crippen LogP contribution in [0.5, 0.6) is 0 Å². The molecule has 1 amide bonds. The lowest BCUT2D eigenvalue weighted by atomic mass is 9.94. The molecule has 1 unspecified atom stereocenters. The highest BCUT2D eigenvalue weighted by Gasteiger charge is 2.30. The maximum atomic E-state index is 12.6. The molecule has 0 fully saturated rings. The van der Waals surface area contributed by atoms with Crippen LogP contribution >= 0.6 is 0 Å². The fourth-order valence-corrected chi connectivity index (χ4v) is 2.58. The van der Waals surface area contributed by atoms with Gasteiger partial charge in [0, 0.05) is 0 Å². The first kappa shape index (κ1) is 19.5. The molecule has 0 aliphatic carbocycles. The molecule has 0 aliphatic heterocycles. The number of nitrogens with one attached hydrogen (secondary N) is 1. The average molecular weight is 365 g/mol. The molecule has 2 aromatic rings. The summed E-state index contributed by atoms with van der Waals surface area (Å²) in [7, 11) is 0. The highest BCUT2D eigenvalue weighted by atomic mass is 19.4. The summed E-state index contributed by atoms with van der Waals surface area (Å²) in [5, 5.41) is 11.7. The van der Waals surface area contributed by atoms with E-state index in [-0.39, 0.29) is 6.42 Å². The minimum absolute atomic E-state index is 0.379. The Kier molecular flexibility index (Phi) is 6.02. The Morgan fingerprint density at radius 3 is 2.08 bits per heavy atom. The van der Waals surface area contributed by atoms with Gasteiger partial charge in [0.25, 0.3) is 0 Å². The third kappa shape index (κ3) is 5.08. The summed E-state index contributed by atoms with van der Waals surface area (Å²) in [6.45, 7) is 1.63. The first-order chi connectivity index (χ1) is 12.2. The number of carboxylic acids is 1. The summed E-state index contributed by atoms with van der Waals surface area (Å²) in [4.78, 5) is 23.6. The van der Waals surface area contributed by atoms with Crippen LogP contribution in [0, 0.1) is 0 Å². The molecule has 2 aromatic carbocycles. The van der Waals surface area contributed by atoms with E-state index in [0.29, 0.717) is 11.1 Å². The van der Waals surface area contributed by atoms with Crippen molar-refractivity contribution in [1.82, 2.24) is 5.32 Å². The third-order valence-corrected chi connectivity index (χ3v) is 3.99. The van der Waals surface area contributed by atoms with Crippen LogP contribution in [0.2, 0.25) is 0 Å². The van der Waals surface area contributed by atoms with E-state index in [0.717, 1.165) is 12.1 Å². The van der Waals surface area contributed by atoms with Crippen LogP contribution in [0.4, 0.5) is 13.2 Å². The van der Waals surface area contributed by atoms with Crippen molar-refractivity contribution >= 4 is 11.9 Å². The SMILES string of the molecule is CC(NC(=O)[C@H](CC(=O)O)c1ccccc1)c1ccc(C(F)(F)F)cc1. The molecule has 26 heavy (non-hydrogen) atoms. The van der Waals surface area contributed by atoms with Gasteiger partial charge in [-0.15, -0.1) is 0 Å². The molecule has 0 bridgehead atoms. The second-order valence-electron chi connectivity index (χ2n) is 5.91. The summed E-state index contributed by atoms with van der Waals surface area (Å²) < 4.78 is 37.9. The van der Waals surface area contributed by atoms with E-state index in [9.17, 15) is 22.8 Å². The molecule has 2 atom stereocenters. The molecule has 0 radical (unpaired) electrons. The van der Waals surface area contributed by atoms with Gasteiger partial charge >= 0.3 is 12.1 Å². The lowest BCUT2D eigenvalue weighted by Crippen LogP contribution is -2.32. The molecular formula is C19H18F3NO3. The molecule has 0 heterocycles. The number of hydrogen-bond acceptors (Lipinski definition) is 2. The highest BCUT2D eigenvalue weighted by Crippen LogP contribution is 2.30. The van der Waals surface area contributed by atoms with Gasteiger partial charge in [-0.2, -0.15) is 13.2 Å². The monoisotopic (exact) mass is 365 g/mol. The van der Waals surface area contributed by atoms with E-state index in [4.69, 9.17) is 5.11 Å². The van der Waals surface area contributed by atoms with Gasteiger partial charge in [0.05, 0.1) is 23.9 Å². The Bertz CT molecular complexity index is 758. The van der Waals surface area contributed by atoms with E-state index in [1.165, 1.54) is 12.1 Å². The molecule has 138 valence electrons. The van der Waals surface area contributed by atoms with Crippen molar-refractivity contribution in [3.8, 4) is 0 Å². The van der Waals surface area contributed by atoms with Gasteiger partial charge in [-0.3, -0.25) is 9.59 Å². The van der Waals surface area contributed by atoms with Crippen molar-refractivity contribution in [3.05, 3.63) is 71.3 Å². The molecule has 0 aromatic heterocycles. The molecule has 2 rings (SSSR count). The number of alkyl halides is 3. The third-order valence-electron chi connectivity index (χ3n) is 3.99. The second kappa shape index (κ2) is 8.03. The minimum Gasteiger partial charge on any atom is -0.481 e. The summed E-state index contributed by atoms with van der Waals surface area (Å²) in [6, 6.07) is 12.4. The van der Waals surface area contributed by atoms with Crippen molar-refractivity contribution in [3.63, 3.8) is 0 Å². The number of rotatable bonds is 6. The van der Waals surface area contributed by atoms with Gasteiger partial charge in [-0.1, -0.05) is 42.5 Å². The van der Waals surface area contributed by atoms with E-state index in [1.807, 2.05) is 0 Å². The van der Waals surface area contributed by atoms with Crippen molar-refractivity contribution in [2.75, 3.05) is 0 Å². The van der Waals surface area contributed by atoms with E-state index >= 15 is 0 Å². The maximum Gasteiger partial charge on any atom is 0.416 e. The van der Waals surface area contributed by atoms with Gasteiger partial charge in [0.15, 0.2) is 0 Å². The Hall–Kier alpha value is -2.83. The van der Waals surface area contributed by atoms with Gasteiger partial charge < -0.3 is 10.4 Å². The standard InChI is InChI=1S/C19H18F3NO3/c1-12(13-7-9-15(10-8-13)19(20,21)22)23-18(26)16(11-17(24)25)14-5-3-2-4-6-14/h2-10,12,16H,11H2,1H3,(H,23,26)(H,24,25)/t12?,16-/m1/s1. The van der Waals surface area contributed by atoms with Crippen LogP contribution < -0.4 is 5.32 Å². The van der Waals surface area contributed by atoms with Crippen LogP contribution in [0.1, 0.15) is 42.0 Å². The highest BCUT2D eigenvalue weighted by molar-refractivity contribution is 5.88. The summed E-state index contributed by atoms with van der Waals surface area (Å²) in [6.07, 6.45) is -4.81. The number of carboxylic acid groups (broad SMARTS) is 1. The predicted octanol–water partition coefficient (Wildman–Crippen LogP) is 4.14. The molecule has 0 spiro atoms. The van der Waals surface area contributed by atoms with E-state index in [2.05, 4.69) is 5.32 Å². The van der Waals surface area contributed by atoms with Gasteiger partial charge in [-0.25, -0.2) is 0 Å². The van der Waals surface area contributed by atoms with Crippen molar-refractivity contribution < 1.29 is 27.9 Å². The molecule has 0 saturated heterocycles. The second-order valence-corrected chi connectivity index (χ2v) is 5.91. The van der Waals surface area contributed by atoms with Crippen molar-refractivity contribution in [2.24, 2.45) is 0 Å². The summed E-state index contributed by atoms with van der Waals surface area (Å²) in [5.41, 5.74) is 0.285. The molecule has 0 aliphatic rings. The maximum absolute atomic E-state index is 12.6. The molecule has 2 N–H and O–H groups in total. The van der Waals surface area contributed by atoms with Crippen LogP contribution in [-0.4, -0.2) is 17.0 Å². The predicted molar refractivity (Wildman–Crippen MR) is 89.4 cm³/mol. The fourth-order valence-electron chi connectivity index (χ4n) is 2.58. The Balaban J connectivity index is 2.14. The van der Waals surface area contributed by atoms with E-state index in [1.54, 1.807) is 37.3 Å². The molecule has 0 saturated carbocycles. The zero-order valence-corrected chi connectivity index (χ0v) is 14.0. The first-order valence-electron chi connectivity index (χ1n) is 7.92. The molecule has 7 heteroatoms. The van der Waals surface area contributed by atoms with E-state index < -0.39 is 35.6 Å². The number of carbonyl (C=O) groups is 2. The Morgan fingerprint density at radius 2 is 1.58 bits per heavy atom. The molecule has 4 nitrogen and oxygen atoms in total.